The Morgan fingerprint density at radius 1 is 1.06 bits per heavy atom. The zero-order chi connectivity index (χ0) is 12.3. The number of hydrogen-bond donors (Lipinski definition) is 1. The summed E-state index contributed by atoms with van der Waals surface area (Å²) in [5.41, 5.74) is 2.08. The highest BCUT2D eigenvalue weighted by molar-refractivity contribution is 5.14. The van der Waals surface area contributed by atoms with E-state index in [0.717, 1.165) is 6.54 Å². The molecule has 2 aliphatic heterocycles. The number of benzene rings is 1. The molecule has 2 saturated heterocycles. The normalized spacial score (nSPS) is 29.6. The molecule has 1 unspecified atom stereocenters. The van der Waals surface area contributed by atoms with Crippen molar-refractivity contribution >= 4 is 0 Å². The van der Waals surface area contributed by atoms with Crippen molar-refractivity contribution in [1.82, 2.24) is 10.2 Å². The number of hydrogen-bond acceptors (Lipinski definition) is 2. The Bertz CT molecular complexity index is 366. The van der Waals surface area contributed by atoms with Crippen LogP contribution in [-0.2, 0) is 6.54 Å². The first kappa shape index (κ1) is 12.2. The molecular weight excluding hydrogens is 220 g/mol. The van der Waals surface area contributed by atoms with E-state index in [4.69, 9.17) is 0 Å². The van der Waals surface area contributed by atoms with Gasteiger partial charge in [0.05, 0.1) is 0 Å². The third kappa shape index (κ3) is 2.76. The molecule has 0 bridgehead atoms. The molecule has 1 aromatic carbocycles. The Balaban J connectivity index is 1.60. The lowest BCUT2D eigenvalue weighted by atomic mass is 9.80. The van der Waals surface area contributed by atoms with E-state index in [2.05, 4.69) is 40.5 Å². The fraction of sp³-hybridized carbons (Fsp3) is 0.625. The van der Waals surface area contributed by atoms with Crippen LogP contribution in [0.5, 0.6) is 0 Å². The lowest BCUT2D eigenvalue weighted by molar-refractivity contribution is 0.229. The van der Waals surface area contributed by atoms with Gasteiger partial charge in [0.2, 0.25) is 0 Å². The fourth-order valence-electron chi connectivity index (χ4n) is 3.60. The predicted octanol–water partition coefficient (Wildman–Crippen LogP) is 2.65. The molecule has 2 aliphatic rings. The van der Waals surface area contributed by atoms with Crippen LogP contribution in [0.3, 0.4) is 0 Å². The van der Waals surface area contributed by atoms with Gasteiger partial charge in [-0.2, -0.15) is 0 Å². The molecule has 0 aliphatic carbocycles. The van der Waals surface area contributed by atoms with Crippen molar-refractivity contribution in [2.45, 2.75) is 32.2 Å². The highest BCUT2D eigenvalue weighted by Crippen LogP contribution is 2.39. The van der Waals surface area contributed by atoms with E-state index < -0.39 is 0 Å². The molecule has 2 heterocycles. The summed E-state index contributed by atoms with van der Waals surface area (Å²) < 4.78 is 0. The van der Waals surface area contributed by atoms with Crippen LogP contribution >= 0.6 is 0 Å². The SMILES string of the molecule is c1ccc(CN2CCC3(CCCNCC3)C2)cc1. The maximum Gasteiger partial charge on any atom is 0.0233 e. The minimum atomic E-state index is 0.623. The van der Waals surface area contributed by atoms with E-state index in [9.17, 15) is 0 Å². The van der Waals surface area contributed by atoms with Gasteiger partial charge in [-0.05, 0) is 56.3 Å². The average molecular weight is 244 g/mol. The predicted molar refractivity (Wildman–Crippen MR) is 75.5 cm³/mol. The van der Waals surface area contributed by atoms with Gasteiger partial charge in [-0.25, -0.2) is 0 Å². The Labute approximate surface area is 110 Å². The highest BCUT2D eigenvalue weighted by Gasteiger charge is 2.37. The second-order valence-corrected chi connectivity index (χ2v) is 6.05. The summed E-state index contributed by atoms with van der Waals surface area (Å²) in [6, 6.07) is 10.9. The Kier molecular flexibility index (Phi) is 3.67. The number of rotatable bonds is 2. The van der Waals surface area contributed by atoms with E-state index in [-0.39, 0.29) is 0 Å². The zero-order valence-electron chi connectivity index (χ0n) is 11.2. The van der Waals surface area contributed by atoms with Crippen LogP contribution in [0.15, 0.2) is 30.3 Å². The molecule has 18 heavy (non-hydrogen) atoms. The highest BCUT2D eigenvalue weighted by atomic mass is 15.2. The third-order valence-electron chi connectivity index (χ3n) is 4.66. The number of likely N-dealkylation sites (tertiary alicyclic amines) is 1. The maximum atomic E-state index is 3.54. The first-order valence-corrected chi connectivity index (χ1v) is 7.33. The summed E-state index contributed by atoms with van der Waals surface area (Å²) in [4.78, 5) is 2.65. The van der Waals surface area contributed by atoms with Gasteiger partial charge in [0.15, 0.2) is 0 Å². The maximum absolute atomic E-state index is 3.54. The van der Waals surface area contributed by atoms with Crippen molar-refractivity contribution in [3.05, 3.63) is 35.9 Å². The first-order chi connectivity index (χ1) is 8.86. The lowest BCUT2D eigenvalue weighted by Gasteiger charge is -2.27. The molecule has 2 heteroatoms. The molecule has 0 saturated carbocycles. The van der Waals surface area contributed by atoms with Crippen LogP contribution in [0, 0.1) is 5.41 Å². The minimum Gasteiger partial charge on any atom is -0.317 e. The van der Waals surface area contributed by atoms with Gasteiger partial charge in [0, 0.05) is 13.1 Å². The van der Waals surface area contributed by atoms with Gasteiger partial charge in [-0.1, -0.05) is 30.3 Å². The summed E-state index contributed by atoms with van der Waals surface area (Å²) in [7, 11) is 0. The van der Waals surface area contributed by atoms with E-state index in [1.165, 1.54) is 57.4 Å². The van der Waals surface area contributed by atoms with Crippen molar-refractivity contribution < 1.29 is 0 Å². The van der Waals surface area contributed by atoms with Gasteiger partial charge in [-0.15, -0.1) is 0 Å². The smallest absolute Gasteiger partial charge is 0.0233 e. The molecule has 1 aromatic rings. The molecule has 3 rings (SSSR count). The molecule has 1 N–H and O–H groups in total. The Morgan fingerprint density at radius 2 is 1.94 bits per heavy atom. The van der Waals surface area contributed by atoms with Gasteiger partial charge in [0.1, 0.15) is 0 Å². The summed E-state index contributed by atoms with van der Waals surface area (Å²) in [5.74, 6) is 0. The second kappa shape index (κ2) is 5.41. The quantitative estimate of drug-likeness (QED) is 0.860. The van der Waals surface area contributed by atoms with Gasteiger partial charge >= 0.3 is 0 Å². The molecule has 1 spiro atoms. The minimum absolute atomic E-state index is 0.623. The van der Waals surface area contributed by atoms with Crippen molar-refractivity contribution in [1.29, 1.82) is 0 Å². The zero-order valence-corrected chi connectivity index (χ0v) is 11.2. The van der Waals surface area contributed by atoms with Crippen LogP contribution < -0.4 is 5.32 Å². The largest absolute Gasteiger partial charge is 0.317 e. The molecule has 1 atom stereocenters. The van der Waals surface area contributed by atoms with Crippen LogP contribution in [0.25, 0.3) is 0 Å². The molecule has 2 fully saturated rings. The second-order valence-electron chi connectivity index (χ2n) is 6.05. The van der Waals surface area contributed by atoms with Crippen molar-refractivity contribution in [2.75, 3.05) is 26.2 Å². The third-order valence-corrected chi connectivity index (χ3v) is 4.66. The van der Waals surface area contributed by atoms with Gasteiger partial charge < -0.3 is 5.32 Å². The molecular formula is C16H24N2. The summed E-state index contributed by atoms with van der Waals surface area (Å²) in [5, 5.41) is 3.54. The molecule has 98 valence electrons. The Hall–Kier alpha value is -0.860. The topological polar surface area (TPSA) is 15.3 Å². The summed E-state index contributed by atoms with van der Waals surface area (Å²) in [6.07, 6.45) is 5.56. The summed E-state index contributed by atoms with van der Waals surface area (Å²) >= 11 is 0. The van der Waals surface area contributed by atoms with E-state index >= 15 is 0 Å². The van der Waals surface area contributed by atoms with Crippen LogP contribution in [0.1, 0.15) is 31.2 Å². The monoisotopic (exact) mass is 244 g/mol. The Morgan fingerprint density at radius 3 is 2.83 bits per heavy atom. The molecule has 0 radical (unpaired) electrons. The molecule has 0 amide bonds. The summed E-state index contributed by atoms with van der Waals surface area (Å²) in [6.45, 7) is 6.17. The average Bonchev–Trinajstić information content (AvgIpc) is 2.64. The number of nitrogens with one attached hydrogen (secondary N) is 1. The lowest BCUT2D eigenvalue weighted by Crippen LogP contribution is -2.28. The number of nitrogens with zero attached hydrogens (tertiary/aromatic N) is 1. The van der Waals surface area contributed by atoms with Crippen molar-refractivity contribution in [3.63, 3.8) is 0 Å². The van der Waals surface area contributed by atoms with E-state index in [0.29, 0.717) is 5.41 Å². The fourth-order valence-corrected chi connectivity index (χ4v) is 3.60. The van der Waals surface area contributed by atoms with Crippen molar-refractivity contribution in [2.24, 2.45) is 5.41 Å². The first-order valence-electron chi connectivity index (χ1n) is 7.33. The molecule has 2 nitrogen and oxygen atoms in total. The van der Waals surface area contributed by atoms with E-state index in [1.54, 1.807) is 0 Å². The van der Waals surface area contributed by atoms with Crippen molar-refractivity contribution in [3.8, 4) is 0 Å². The van der Waals surface area contributed by atoms with Crippen LogP contribution in [-0.4, -0.2) is 31.1 Å². The molecule has 0 aromatic heterocycles. The van der Waals surface area contributed by atoms with Crippen LogP contribution in [0.2, 0.25) is 0 Å². The van der Waals surface area contributed by atoms with Gasteiger partial charge in [0.25, 0.3) is 0 Å². The van der Waals surface area contributed by atoms with Crippen LogP contribution in [0.4, 0.5) is 0 Å². The van der Waals surface area contributed by atoms with Gasteiger partial charge in [-0.3, -0.25) is 4.90 Å². The standard InChI is InChI=1S/C16H24N2/c1-2-5-15(6-3-1)13-18-12-9-16(14-18)7-4-10-17-11-8-16/h1-3,5-6,17H,4,7-14H2. The van der Waals surface area contributed by atoms with E-state index in [1.807, 2.05) is 0 Å².